The predicted molar refractivity (Wildman–Crippen MR) is 289 cm³/mol. The number of esters is 2. The maximum Gasteiger partial charge on any atom is 0.306 e. The third-order valence-corrected chi connectivity index (χ3v) is 14.1. The average molecular weight is 934 g/mol. The molecule has 394 valence electrons. The van der Waals surface area contributed by atoms with Crippen molar-refractivity contribution in [2.45, 2.75) is 361 Å². The summed E-state index contributed by atoms with van der Waals surface area (Å²) in [5.41, 5.74) is 0. The zero-order valence-electron chi connectivity index (χ0n) is 45.5. The van der Waals surface area contributed by atoms with Gasteiger partial charge >= 0.3 is 11.9 Å². The van der Waals surface area contributed by atoms with Gasteiger partial charge in [-0.1, -0.05) is 323 Å². The van der Waals surface area contributed by atoms with Gasteiger partial charge in [-0.2, -0.15) is 0 Å². The molecule has 0 amide bonds. The lowest BCUT2D eigenvalue weighted by atomic mass is 10.0. The molecule has 0 bridgehead atoms. The van der Waals surface area contributed by atoms with Crippen molar-refractivity contribution in [3.63, 3.8) is 0 Å². The van der Waals surface area contributed by atoms with Gasteiger partial charge in [0.05, 0.1) is 6.61 Å². The highest BCUT2D eigenvalue weighted by Gasteiger charge is 2.18. The van der Waals surface area contributed by atoms with Gasteiger partial charge in [-0.3, -0.25) is 9.59 Å². The van der Waals surface area contributed by atoms with Gasteiger partial charge in [0.25, 0.3) is 0 Å². The lowest BCUT2D eigenvalue weighted by Crippen LogP contribution is -2.30. The smallest absolute Gasteiger partial charge is 0.306 e. The van der Waals surface area contributed by atoms with Crippen LogP contribution in [-0.2, 0) is 23.8 Å². The normalized spacial score (nSPS) is 12.0. The number of carbonyl (C=O) groups excluding carboxylic acids is 2. The number of hydrogen-bond acceptors (Lipinski definition) is 5. The summed E-state index contributed by atoms with van der Waals surface area (Å²) in [7, 11) is 0. The Hall–Kier alpha value is -1.10. The summed E-state index contributed by atoms with van der Waals surface area (Å²) in [5, 5.41) is 0. The van der Waals surface area contributed by atoms with Gasteiger partial charge in [0.1, 0.15) is 6.61 Å². The second-order valence-corrected chi connectivity index (χ2v) is 21.0. The van der Waals surface area contributed by atoms with Gasteiger partial charge in [0.2, 0.25) is 0 Å². The van der Waals surface area contributed by atoms with Crippen LogP contribution in [0.4, 0.5) is 0 Å². The van der Waals surface area contributed by atoms with Gasteiger partial charge in [-0.25, -0.2) is 0 Å². The highest BCUT2D eigenvalue weighted by molar-refractivity contribution is 5.70. The standard InChI is InChI=1S/C61H120O5/c1-4-7-10-13-16-19-22-24-26-28-30-32-34-36-38-41-44-47-50-53-56-64-57-59(66-61(63)55-52-49-46-43-39-21-18-15-12-9-6-3)58-65-60(62)54-51-48-45-42-40-37-35-33-31-29-27-25-23-20-17-14-11-8-5-2/h59H,4-58H2,1-3H3. The Balaban J connectivity index is 4.09. The van der Waals surface area contributed by atoms with E-state index < -0.39 is 6.10 Å². The van der Waals surface area contributed by atoms with Crippen molar-refractivity contribution in [2.24, 2.45) is 0 Å². The summed E-state index contributed by atoms with van der Waals surface area (Å²) >= 11 is 0. The van der Waals surface area contributed by atoms with E-state index in [0.717, 1.165) is 32.1 Å². The molecule has 0 aromatic heterocycles. The Morgan fingerprint density at radius 1 is 0.273 bits per heavy atom. The Morgan fingerprint density at radius 3 is 0.773 bits per heavy atom. The summed E-state index contributed by atoms with van der Waals surface area (Å²) in [6.45, 7) is 7.93. The first-order valence-electron chi connectivity index (χ1n) is 30.6. The molecule has 0 N–H and O–H groups in total. The number of ether oxygens (including phenoxy) is 3. The van der Waals surface area contributed by atoms with Gasteiger partial charge in [-0.15, -0.1) is 0 Å². The second-order valence-electron chi connectivity index (χ2n) is 21.0. The Labute approximate surface area is 414 Å². The van der Waals surface area contributed by atoms with Gasteiger partial charge in [-0.05, 0) is 19.3 Å². The zero-order chi connectivity index (χ0) is 47.7. The lowest BCUT2D eigenvalue weighted by Gasteiger charge is -2.18. The van der Waals surface area contributed by atoms with Crippen LogP contribution in [0.5, 0.6) is 0 Å². The van der Waals surface area contributed by atoms with E-state index in [4.69, 9.17) is 14.2 Å². The van der Waals surface area contributed by atoms with Gasteiger partial charge < -0.3 is 14.2 Å². The van der Waals surface area contributed by atoms with E-state index >= 15 is 0 Å². The van der Waals surface area contributed by atoms with Crippen molar-refractivity contribution in [3.05, 3.63) is 0 Å². The molecule has 0 radical (unpaired) electrons. The number of unbranched alkanes of at least 4 members (excludes halogenated alkanes) is 47. The van der Waals surface area contributed by atoms with Crippen molar-refractivity contribution in [1.29, 1.82) is 0 Å². The molecule has 0 aliphatic heterocycles. The Bertz CT molecular complexity index is 921. The molecule has 0 saturated carbocycles. The maximum absolute atomic E-state index is 12.8. The Kier molecular flexibility index (Phi) is 57.2. The zero-order valence-corrected chi connectivity index (χ0v) is 45.5. The summed E-state index contributed by atoms with van der Waals surface area (Å²) in [4.78, 5) is 25.5. The molecule has 1 unspecified atom stereocenters. The number of carbonyl (C=O) groups is 2. The fraction of sp³-hybridized carbons (Fsp3) is 0.967. The topological polar surface area (TPSA) is 61.8 Å². The molecule has 0 fully saturated rings. The molecular formula is C61H120O5. The lowest BCUT2D eigenvalue weighted by molar-refractivity contribution is -0.163. The predicted octanol–water partition coefficient (Wildman–Crippen LogP) is 20.8. The minimum Gasteiger partial charge on any atom is -0.462 e. The van der Waals surface area contributed by atoms with Crippen LogP contribution in [0.3, 0.4) is 0 Å². The minimum absolute atomic E-state index is 0.0984. The first-order valence-corrected chi connectivity index (χ1v) is 30.6. The molecule has 0 aromatic rings. The van der Waals surface area contributed by atoms with Crippen LogP contribution in [-0.4, -0.2) is 37.9 Å². The molecule has 0 heterocycles. The van der Waals surface area contributed by atoms with E-state index in [0.29, 0.717) is 26.1 Å². The van der Waals surface area contributed by atoms with Crippen molar-refractivity contribution < 1.29 is 23.8 Å². The molecule has 5 nitrogen and oxygen atoms in total. The average Bonchev–Trinajstić information content (AvgIpc) is 3.32. The van der Waals surface area contributed by atoms with Gasteiger partial charge in [0.15, 0.2) is 6.10 Å². The first kappa shape index (κ1) is 64.9. The highest BCUT2D eigenvalue weighted by atomic mass is 16.6. The number of rotatable bonds is 58. The second kappa shape index (κ2) is 58.2. The minimum atomic E-state index is -0.524. The molecule has 0 aromatic carbocycles. The van der Waals surface area contributed by atoms with Crippen LogP contribution in [0, 0.1) is 0 Å². The van der Waals surface area contributed by atoms with Crippen molar-refractivity contribution in [3.8, 4) is 0 Å². The fourth-order valence-electron chi connectivity index (χ4n) is 9.57. The quantitative estimate of drug-likeness (QED) is 0.0449. The molecule has 0 saturated heterocycles. The van der Waals surface area contributed by atoms with E-state index in [1.165, 1.54) is 289 Å². The van der Waals surface area contributed by atoms with Crippen LogP contribution in [0.1, 0.15) is 355 Å². The van der Waals surface area contributed by atoms with Crippen LogP contribution in [0.2, 0.25) is 0 Å². The van der Waals surface area contributed by atoms with Crippen LogP contribution >= 0.6 is 0 Å². The van der Waals surface area contributed by atoms with Crippen LogP contribution < -0.4 is 0 Å². The molecule has 0 aliphatic carbocycles. The summed E-state index contributed by atoms with van der Waals surface area (Å²) in [6.07, 6.45) is 67.1. The van der Waals surface area contributed by atoms with Crippen molar-refractivity contribution in [1.82, 2.24) is 0 Å². The van der Waals surface area contributed by atoms with E-state index in [-0.39, 0.29) is 18.5 Å². The number of hydrogen-bond donors (Lipinski definition) is 0. The molecule has 0 rings (SSSR count). The third kappa shape index (κ3) is 55.5. The van der Waals surface area contributed by atoms with E-state index in [1.807, 2.05) is 0 Å². The largest absolute Gasteiger partial charge is 0.462 e. The molecule has 66 heavy (non-hydrogen) atoms. The molecule has 1 atom stereocenters. The molecule has 5 heteroatoms. The van der Waals surface area contributed by atoms with E-state index in [1.54, 1.807) is 0 Å². The van der Waals surface area contributed by atoms with Crippen molar-refractivity contribution >= 4 is 11.9 Å². The third-order valence-electron chi connectivity index (χ3n) is 14.1. The van der Waals surface area contributed by atoms with Gasteiger partial charge in [0, 0.05) is 19.4 Å². The Morgan fingerprint density at radius 2 is 0.500 bits per heavy atom. The molecule has 0 aliphatic rings. The van der Waals surface area contributed by atoms with Crippen molar-refractivity contribution in [2.75, 3.05) is 19.8 Å². The monoisotopic (exact) mass is 933 g/mol. The highest BCUT2D eigenvalue weighted by Crippen LogP contribution is 2.18. The summed E-state index contributed by atoms with van der Waals surface area (Å²) in [6, 6.07) is 0. The summed E-state index contributed by atoms with van der Waals surface area (Å²) in [5.74, 6) is -0.365. The van der Waals surface area contributed by atoms with E-state index in [9.17, 15) is 9.59 Å². The maximum atomic E-state index is 12.8. The van der Waals surface area contributed by atoms with E-state index in [2.05, 4.69) is 20.8 Å². The molecule has 0 spiro atoms. The van der Waals surface area contributed by atoms with Crippen LogP contribution in [0.25, 0.3) is 0 Å². The molecular weight excluding hydrogens is 813 g/mol. The first-order chi connectivity index (χ1) is 32.6. The summed E-state index contributed by atoms with van der Waals surface area (Å²) < 4.78 is 17.5. The SMILES string of the molecule is CCCCCCCCCCCCCCCCCCCCCCOCC(COC(=O)CCCCCCCCCCCCCCCCCCCCC)OC(=O)CCCCCCCCCCCCC. The fourth-order valence-corrected chi connectivity index (χ4v) is 9.57. The van der Waals surface area contributed by atoms with Crippen LogP contribution in [0.15, 0.2) is 0 Å².